The van der Waals surface area contributed by atoms with Crippen molar-refractivity contribution in [2.45, 2.75) is 18.9 Å². The van der Waals surface area contributed by atoms with Crippen LogP contribution in [-0.4, -0.2) is 30.9 Å². The highest BCUT2D eigenvalue weighted by Crippen LogP contribution is 2.24. The Morgan fingerprint density at radius 3 is 2.12 bits per heavy atom. The number of halogens is 1. The van der Waals surface area contributed by atoms with Crippen molar-refractivity contribution in [3.8, 4) is 0 Å². The second kappa shape index (κ2) is 7.58. The minimum absolute atomic E-state index is 0.145. The largest absolute Gasteiger partial charge is 0.465 e. The van der Waals surface area contributed by atoms with Crippen LogP contribution in [0.1, 0.15) is 43.9 Å². The van der Waals surface area contributed by atoms with Gasteiger partial charge in [-0.05, 0) is 55.3 Å². The first-order valence-electron chi connectivity index (χ1n) is 8.08. The Labute approximate surface area is 155 Å². The molecule has 134 valence electrons. The molecule has 1 saturated carbocycles. The molecule has 26 heavy (non-hydrogen) atoms. The van der Waals surface area contributed by atoms with Crippen molar-refractivity contribution < 1.29 is 19.1 Å². The van der Waals surface area contributed by atoms with Gasteiger partial charge >= 0.3 is 5.97 Å². The Balaban J connectivity index is 1.71. The van der Waals surface area contributed by atoms with Gasteiger partial charge in [0.15, 0.2) is 0 Å². The summed E-state index contributed by atoms with van der Waals surface area (Å²) in [5, 5.41) is 5.84. The predicted molar refractivity (Wildman–Crippen MR) is 97.7 cm³/mol. The third-order valence-corrected chi connectivity index (χ3v) is 4.29. The van der Waals surface area contributed by atoms with Crippen LogP contribution in [0.2, 0.25) is 5.02 Å². The number of methoxy groups -OCH3 is 1. The summed E-state index contributed by atoms with van der Waals surface area (Å²) in [5.74, 6) is -1.07. The van der Waals surface area contributed by atoms with Crippen LogP contribution in [0.5, 0.6) is 0 Å². The molecule has 0 saturated heterocycles. The molecule has 2 amide bonds. The second-order valence-electron chi connectivity index (χ2n) is 5.97. The first kappa shape index (κ1) is 17.9. The molecule has 1 aliphatic rings. The fraction of sp³-hybridized carbons (Fsp3) is 0.211. The number of carbonyl (C=O) groups is 3. The molecule has 0 atom stereocenters. The molecule has 0 spiro atoms. The molecule has 0 aromatic heterocycles. The normalized spacial score (nSPS) is 13.0. The van der Waals surface area contributed by atoms with Gasteiger partial charge in [0.05, 0.1) is 23.4 Å². The fourth-order valence-electron chi connectivity index (χ4n) is 2.33. The number of benzene rings is 2. The van der Waals surface area contributed by atoms with Crippen molar-refractivity contribution in [1.29, 1.82) is 0 Å². The lowest BCUT2D eigenvalue weighted by Gasteiger charge is -2.09. The maximum absolute atomic E-state index is 12.4. The van der Waals surface area contributed by atoms with Gasteiger partial charge in [-0.25, -0.2) is 4.79 Å². The summed E-state index contributed by atoms with van der Waals surface area (Å²) >= 11 is 6.08. The van der Waals surface area contributed by atoms with Crippen molar-refractivity contribution in [1.82, 2.24) is 5.32 Å². The zero-order chi connectivity index (χ0) is 18.7. The first-order valence-corrected chi connectivity index (χ1v) is 8.46. The van der Waals surface area contributed by atoms with E-state index in [0.717, 1.165) is 12.8 Å². The second-order valence-corrected chi connectivity index (χ2v) is 6.37. The zero-order valence-electron chi connectivity index (χ0n) is 14.0. The van der Waals surface area contributed by atoms with Gasteiger partial charge in [0, 0.05) is 17.2 Å². The van der Waals surface area contributed by atoms with Crippen molar-refractivity contribution in [2.75, 3.05) is 12.4 Å². The number of carbonyl (C=O) groups excluding carboxylic acids is 3. The molecule has 0 unspecified atom stereocenters. The van der Waals surface area contributed by atoms with E-state index in [0.29, 0.717) is 21.8 Å². The van der Waals surface area contributed by atoms with Crippen LogP contribution in [-0.2, 0) is 4.74 Å². The quantitative estimate of drug-likeness (QED) is 0.789. The molecule has 2 aromatic rings. The Morgan fingerprint density at radius 2 is 1.54 bits per heavy atom. The van der Waals surface area contributed by atoms with E-state index >= 15 is 0 Å². The van der Waals surface area contributed by atoms with E-state index in [2.05, 4.69) is 15.4 Å². The monoisotopic (exact) mass is 372 g/mol. The maximum Gasteiger partial charge on any atom is 0.337 e. The standard InChI is InChI=1S/C19H17ClN2O4/c1-26-19(25)13-6-9-15(20)16(10-13)22-18(24)12-4-2-11(3-5-12)17(23)21-14-7-8-14/h2-6,9-10,14H,7-8H2,1H3,(H,21,23)(H,22,24). The van der Waals surface area contributed by atoms with E-state index in [1.165, 1.54) is 25.3 Å². The number of hydrogen-bond acceptors (Lipinski definition) is 4. The van der Waals surface area contributed by atoms with Crippen LogP contribution in [0.4, 0.5) is 5.69 Å². The van der Waals surface area contributed by atoms with Crippen LogP contribution in [0.25, 0.3) is 0 Å². The van der Waals surface area contributed by atoms with E-state index < -0.39 is 11.9 Å². The van der Waals surface area contributed by atoms with Gasteiger partial charge in [0.1, 0.15) is 0 Å². The Bertz CT molecular complexity index is 860. The summed E-state index contributed by atoms with van der Waals surface area (Å²) in [6.45, 7) is 0. The predicted octanol–water partition coefficient (Wildman–Crippen LogP) is 3.27. The van der Waals surface area contributed by atoms with Crippen molar-refractivity contribution in [3.63, 3.8) is 0 Å². The third kappa shape index (κ3) is 4.21. The average Bonchev–Trinajstić information content (AvgIpc) is 3.46. The van der Waals surface area contributed by atoms with Crippen LogP contribution in [0, 0.1) is 0 Å². The summed E-state index contributed by atoms with van der Waals surface area (Å²) in [4.78, 5) is 36.0. The fourth-order valence-corrected chi connectivity index (χ4v) is 2.49. The van der Waals surface area contributed by atoms with Gasteiger partial charge in [-0.3, -0.25) is 9.59 Å². The van der Waals surface area contributed by atoms with Gasteiger partial charge < -0.3 is 15.4 Å². The summed E-state index contributed by atoms with van der Waals surface area (Å²) in [7, 11) is 1.27. The number of nitrogens with one attached hydrogen (secondary N) is 2. The molecular weight excluding hydrogens is 356 g/mol. The van der Waals surface area contributed by atoms with Crippen LogP contribution < -0.4 is 10.6 Å². The average molecular weight is 373 g/mol. The Morgan fingerprint density at radius 1 is 0.962 bits per heavy atom. The lowest BCUT2D eigenvalue weighted by molar-refractivity contribution is 0.0600. The molecule has 1 aliphatic carbocycles. The third-order valence-electron chi connectivity index (χ3n) is 3.96. The number of amides is 2. The molecule has 1 fully saturated rings. The summed E-state index contributed by atoms with van der Waals surface area (Å²) in [5.41, 5.74) is 1.45. The first-order chi connectivity index (χ1) is 12.5. The lowest BCUT2D eigenvalue weighted by atomic mass is 10.1. The molecule has 7 heteroatoms. The van der Waals surface area contributed by atoms with Crippen molar-refractivity contribution in [2.24, 2.45) is 0 Å². The molecule has 0 aliphatic heterocycles. The number of ether oxygens (including phenoxy) is 1. The topological polar surface area (TPSA) is 84.5 Å². The van der Waals surface area contributed by atoms with Gasteiger partial charge in [-0.1, -0.05) is 11.6 Å². The van der Waals surface area contributed by atoms with E-state index in [9.17, 15) is 14.4 Å². The Hall–Kier alpha value is -2.86. The van der Waals surface area contributed by atoms with Crippen LogP contribution in [0.3, 0.4) is 0 Å². The van der Waals surface area contributed by atoms with Gasteiger partial charge in [0.25, 0.3) is 11.8 Å². The van der Waals surface area contributed by atoms with E-state index in [1.807, 2.05) is 0 Å². The smallest absolute Gasteiger partial charge is 0.337 e. The summed E-state index contributed by atoms with van der Waals surface area (Å²) in [6, 6.07) is 11.1. The summed E-state index contributed by atoms with van der Waals surface area (Å²) < 4.78 is 4.66. The van der Waals surface area contributed by atoms with Crippen molar-refractivity contribution in [3.05, 3.63) is 64.2 Å². The maximum atomic E-state index is 12.4. The lowest BCUT2D eigenvalue weighted by Crippen LogP contribution is -2.25. The summed E-state index contributed by atoms with van der Waals surface area (Å²) in [6.07, 6.45) is 2.02. The number of esters is 1. The molecule has 3 rings (SSSR count). The number of rotatable bonds is 5. The molecule has 6 nitrogen and oxygen atoms in total. The highest BCUT2D eigenvalue weighted by atomic mass is 35.5. The minimum atomic E-state index is -0.525. The molecule has 0 heterocycles. The van der Waals surface area contributed by atoms with Gasteiger partial charge in [-0.15, -0.1) is 0 Å². The van der Waals surface area contributed by atoms with Gasteiger partial charge in [-0.2, -0.15) is 0 Å². The van der Waals surface area contributed by atoms with Crippen LogP contribution >= 0.6 is 11.6 Å². The van der Waals surface area contributed by atoms with Crippen molar-refractivity contribution >= 4 is 35.1 Å². The highest BCUT2D eigenvalue weighted by Gasteiger charge is 2.23. The SMILES string of the molecule is COC(=O)c1ccc(Cl)c(NC(=O)c2ccc(C(=O)NC3CC3)cc2)c1. The van der Waals surface area contributed by atoms with Crippen LogP contribution in [0.15, 0.2) is 42.5 Å². The molecule has 2 aromatic carbocycles. The number of anilines is 1. The molecular formula is C19H17ClN2O4. The molecule has 0 bridgehead atoms. The molecule has 0 radical (unpaired) electrons. The van der Waals surface area contributed by atoms with Gasteiger partial charge in [0.2, 0.25) is 0 Å². The van der Waals surface area contributed by atoms with E-state index in [-0.39, 0.29) is 17.5 Å². The van der Waals surface area contributed by atoms with E-state index in [4.69, 9.17) is 11.6 Å². The van der Waals surface area contributed by atoms with E-state index in [1.54, 1.807) is 24.3 Å². The minimum Gasteiger partial charge on any atom is -0.465 e. The molecule has 2 N–H and O–H groups in total. The number of hydrogen-bond donors (Lipinski definition) is 2. The highest BCUT2D eigenvalue weighted by molar-refractivity contribution is 6.34. The zero-order valence-corrected chi connectivity index (χ0v) is 14.8. The Kier molecular flexibility index (Phi) is 5.23.